The van der Waals surface area contributed by atoms with Crippen LogP contribution in [0.4, 0.5) is 8.78 Å². The van der Waals surface area contributed by atoms with E-state index in [9.17, 15) is 18.4 Å². The Balaban J connectivity index is 2.73. The lowest BCUT2D eigenvalue weighted by Gasteiger charge is -2.19. The second-order valence-corrected chi connectivity index (χ2v) is 6.16. The van der Waals surface area contributed by atoms with E-state index in [0.717, 1.165) is 12.1 Å². The van der Waals surface area contributed by atoms with E-state index in [2.05, 4.69) is 6.58 Å². The molecule has 1 aromatic rings. The van der Waals surface area contributed by atoms with Crippen molar-refractivity contribution in [3.63, 3.8) is 0 Å². The molecule has 1 aromatic carbocycles. The molecule has 4 nitrogen and oxygen atoms in total. The predicted octanol–water partition coefficient (Wildman–Crippen LogP) is 4.67. The first-order valence-electron chi connectivity index (χ1n) is 8.81. The van der Waals surface area contributed by atoms with Crippen molar-refractivity contribution in [3.05, 3.63) is 42.0 Å². The van der Waals surface area contributed by atoms with Gasteiger partial charge in [0.1, 0.15) is 11.6 Å². The number of hydrogen-bond acceptors (Lipinski definition) is 4. The zero-order valence-corrected chi connectivity index (χ0v) is 15.4. The van der Waals surface area contributed by atoms with E-state index in [0.29, 0.717) is 31.3 Å². The quantitative estimate of drug-likeness (QED) is 0.533. The molecule has 0 aromatic heterocycles. The third kappa shape index (κ3) is 7.76. The number of allylic oxidation sites excluding steroid dienone is 1. The molecule has 0 aliphatic rings. The molecule has 0 unspecified atom stereocenters. The van der Waals surface area contributed by atoms with Crippen LogP contribution < -0.4 is 0 Å². The van der Waals surface area contributed by atoms with Gasteiger partial charge in [-0.25, -0.2) is 8.78 Å². The van der Waals surface area contributed by atoms with Gasteiger partial charge < -0.3 is 9.47 Å². The van der Waals surface area contributed by atoms with Gasteiger partial charge in [-0.1, -0.05) is 20.4 Å². The molecule has 0 bridgehead atoms. The van der Waals surface area contributed by atoms with Gasteiger partial charge in [-0.05, 0) is 37.0 Å². The van der Waals surface area contributed by atoms with Crippen molar-refractivity contribution >= 4 is 17.5 Å². The Labute approximate surface area is 153 Å². The summed E-state index contributed by atoms with van der Waals surface area (Å²) in [6.45, 7) is 7.65. The molecule has 0 N–H and O–H groups in total. The lowest BCUT2D eigenvalue weighted by atomic mass is 9.96. The van der Waals surface area contributed by atoms with Crippen LogP contribution in [0.2, 0.25) is 0 Å². The van der Waals surface area contributed by atoms with Gasteiger partial charge in [-0.15, -0.1) is 0 Å². The Bertz CT molecular complexity index is 606. The van der Waals surface area contributed by atoms with Crippen molar-refractivity contribution in [3.8, 4) is 0 Å². The topological polar surface area (TPSA) is 52.6 Å². The molecule has 0 amide bonds. The van der Waals surface area contributed by atoms with Crippen LogP contribution in [0.5, 0.6) is 0 Å². The molecule has 0 saturated carbocycles. The molecule has 0 heterocycles. The first-order chi connectivity index (χ1) is 12.4. The average molecular weight is 368 g/mol. The predicted molar refractivity (Wildman–Crippen MR) is 95.2 cm³/mol. The smallest absolute Gasteiger partial charge is 0.305 e. The molecule has 6 heteroatoms. The van der Waals surface area contributed by atoms with Gasteiger partial charge in [-0.2, -0.15) is 0 Å². The fraction of sp³-hybridized carbons (Fsp3) is 0.500. The number of carbonyl (C=O) groups is 2. The van der Waals surface area contributed by atoms with E-state index in [-0.39, 0.29) is 43.1 Å². The lowest BCUT2D eigenvalue weighted by Crippen LogP contribution is -2.21. The summed E-state index contributed by atoms with van der Waals surface area (Å²) in [4.78, 5) is 23.2. The molecule has 0 fully saturated rings. The van der Waals surface area contributed by atoms with Crippen molar-refractivity contribution in [2.45, 2.75) is 46.0 Å². The Morgan fingerprint density at radius 2 is 1.58 bits per heavy atom. The SMILES string of the molecule is C=C(CC(COC(=O)CCC)COC(=O)CCC)c1ccc(F)cc1F. The van der Waals surface area contributed by atoms with Gasteiger partial charge in [-0.3, -0.25) is 9.59 Å². The maximum atomic E-state index is 13.9. The highest BCUT2D eigenvalue weighted by Gasteiger charge is 2.18. The maximum absolute atomic E-state index is 13.9. The molecular weight excluding hydrogens is 342 g/mol. The summed E-state index contributed by atoms with van der Waals surface area (Å²) in [7, 11) is 0. The van der Waals surface area contributed by atoms with Crippen LogP contribution in [0.1, 0.15) is 51.5 Å². The second-order valence-electron chi connectivity index (χ2n) is 6.16. The van der Waals surface area contributed by atoms with Gasteiger partial charge in [0.05, 0.1) is 13.2 Å². The first-order valence-corrected chi connectivity index (χ1v) is 8.81. The average Bonchev–Trinajstić information content (AvgIpc) is 2.57. The molecule has 0 atom stereocenters. The molecule has 0 aliphatic carbocycles. The Kier molecular flexibility index (Phi) is 9.55. The van der Waals surface area contributed by atoms with Gasteiger partial charge in [0.15, 0.2) is 0 Å². The van der Waals surface area contributed by atoms with Crippen molar-refractivity contribution in [1.82, 2.24) is 0 Å². The normalized spacial score (nSPS) is 10.7. The Morgan fingerprint density at radius 1 is 1.04 bits per heavy atom. The maximum Gasteiger partial charge on any atom is 0.305 e. The summed E-state index contributed by atoms with van der Waals surface area (Å²) in [6, 6.07) is 3.26. The van der Waals surface area contributed by atoms with Crippen molar-refractivity contribution < 1.29 is 27.8 Å². The lowest BCUT2D eigenvalue weighted by molar-refractivity contribution is -0.148. The minimum absolute atomic E-state index is 0.0417. The first kappa shape index (κ1) is 21.8. The molecule has 26 heavy (non-hydrogen) atoms. The van der Waals surface area contributed by atoms with E-state index >= 15 is 0 Å². The number of carbonyl (C=O) groups excluding carboxylic acids is 2. The molecule has 144 valence electrons. The van der Waals surface area contributed by atoms with Crippen molar-refractivity contribution in [2.24, 2.45) is 5.92 Å². The molecule has 0 aliphatic heterocycles. The summed E-state index contributed by atoms with van der Waals surface area (Å²) in [5.41, 5.74) is 0.613. The van der Waals surface area contributed by atoms with Crippen molar-refractivity contribution in [2.75, 3.05) is 13.2 Å². The third-order valence-corrected chi connectivity index (χ3v) is 3.72. The fourth-order valence-corrected chi connectivity index (χ4v) is 2.37. The number of hydrogen-bond donors (Lipinski definition) is 0. The largest absolute Gasteiger partial charge is 0.465 e. The number of benzene rings is 1. The monoisotopic (exact) mass is 368 g/mol. The second kappa shape index (κ2) is 11.4. The van der Waals surface area contributed by atoms with Gasteiger partial charge in [0.2, 0.25) is 0 Å². The van der Waals surface area contributed by atoms with Gasteiger partial charge in [0, 0.05) is 30.4 Å². The van der Waals surface area contributed by atoms with E-state index in [1.54, 1.807) is 0 Å². The highest BCUT2D eigenvalue weighted by Crippen LogP contribution is 2.25. The number of esters is 2. The molecule has 0 saturated heterocycles. The molecule has 0 radical (unpaired) electrons. The Morgan fingerprint density at radius 3 is 2.04 bits per heavy atom. The van der Waals surface area contributed by atoms with Gasteiger partial charge >= 0.3 is 11.9 Å². The van der Waals surface area contributed by atoms with E-state index in [1.165, 1.54) is 6.07 Å². The highest BCUT2D eigenvalue weighted by atomic mass is 19.1. The Hall–Kier alpha value is -2.24. The van der Waals surface area contributed by atoms with E-state index in [1.807, 2.05) is 13.8 Å². The van der Waals surface area contributed by atoms with Crippen LogP contribution in [-0.2, 0) is 19.1 Å². The summed E-state index contributed by atoms with van der Waals surface area (Å²) < 4.78 is 37.4. The summed E-state index contributed by atoms with van der Waals surface area (Å²) in [5, 5.41) is 0. The minimum Gasteiger partial charge on any atom is -0.465 e. The van der Waals surface area contributed by atoms with Crippen LogP contribution in [0.3, 0.4) is 0 Å². The molecule has 0 spiro atoms. The zero-order valence-electron chi connectivity index (χ0n) is 15.4. The van der Waals surface area contributed by atoms with Crippen LogP contribution in [0, 0.1) is 17.6 Å². The van der Waals surface area contributed by atoms with Crippen LogP contribution in [-0.4, -0.2) is 25.2 Å². The van der Waals surface area contributed by atoms with Gasteiger partial charge in [0.25, 0.3) is 0 Å². The number of halogens is 2. The number of rotatable bonds is 11. The van der Waals surface area contributed by atoms with Crippen LogP contribution in [0.15, 0.2) is 24.8 Å². The fourth-order valence-electron chi connectivity index (χ4n) is 2.37. The molecular formula is C20H26F2O4. The highest BCUT2D eigenvalue weighted by molar-refractivity contribution is 5.70. The zero-order chi connectivity index (χ0) is 19.5. The number of ether oxygens (including phenoxy) is 2. The van der Waals surface area contributed by atoms with Crippen LogP contribution in [0.25, 0.3) is 5.57 Å². The van der Waals surface area contributed by atoms with E-state index in [4.69, 9.17) is 9.47 Å². The summed E-state index contributed by atoms with van der Waals surface area (Å²) in [5.74, 6) is -2.40. The molecule has 1 rings (SSSR count). The standard InChI is InChI=1S/C20H26F2O4/c1-4-6-19(23)25-12-15(13-26-20(24)7-5-2)10-14(3)17-9-8-16(21)11-18(17)22/h8-9,11,15H,3-7,10,12-13H2,1-2H3. The summed E-state index contributed by atoms with van der Waals surface area (Å²) >= 11 is 0. The third-order valence-electron chi connectivity index (χ3n) is 3.72. The minimum atomic E-state index is -0.709. The summed E-state index contributed by atoms with van der Waals surface area (Å²) in [6.07, 6.45) is 2.19. The van der Waals surface area contributed by atoms with Crippen LogP contribution >= 0.6 is 0 Å². The van der Waals surface area contributed by atoms with E-state index < -0.39 is 11.6 Å². The van der Waals surface area contributed by atoms with Crippen molar-refractivity contribution in [1.29, 1.82) is 0 Å².